The first-order valence-corrected chi connectivity index (χ1v) is 9.53. The molecule has 1 atom stereocenters. The maximum absolute atomic E-state index is 12.6. The number of imide groups is 1. The minimum absolute atomic E-state index is 0.136. The van der Waals surface area contributed by atoms with Crippen molar-refractivity contribution in [3.63, 3.8) is 0 Å². The van der Waals surface area contributed by atoms with Gasteiger partial charge in [0.2, 0.25) is 0 Å². The summed E-state index contributed by atoms with van der Waals surface area (Å²) in [5.41, 5.74) is 0.662. The summed E-state index contributed by atoms with van der Waals surface area (Å²) in [7, 11) is -3.25. The van der Waals surface area contributed by atoms with Crippen LogP contribution in [0.4, 0.5) is 4.79 Å². The van der Waals surface area contributed by atoms with Gasteiger partial charge in [0.25, 0.3) is 5.91 Å². The molecule has 0 saturated carbocycles. The zero-order valence-corrected chi connectivity index (χ0v) is 14.6. The number of hydrogen-bond donors (Lipinski definition) is 1. The molecule has 0 aromatic heterocycles. The van der Waals surface area contributed by atoms with Crippen molar-refractivity contribution < 1.29 is 18.0 Å². The van der Waals surface area contributed by atoms with Gasteiger partial charge in [-0.1, -0.05) is 38.1 Å². The van der Waals surface area contributed by atoms with E-state index in [1.54, 1.807) is 6.92 Å². The Morgan fingerprint density at radius 3 is 2.22 bits per heavy atom. The third-order valence-corrected chi connectivity index (χ3v) is 5.04. The number of hydrogen-bond acceptors (Lipinski definition) is 4. The standard InChI is InChI=1S/C16H22N2O4S/c1-11(2)12-5-7-13(8-6-12)16(3)14(19)18(15(20)17-16)9-10-23(4,21)22/h5-8,11H,9-10H2,1-4H3,(H,17,20). The van der Waals surface area contributed by atoms with E-state index in [4.69, 9.17) is 0 Å². The summed E-state index contributed by atoms with van der Waals surface area (Å²) in [5, 5.41) is 2.67. The first-order valence-electron chi connectivity index (χ1n) is 7.47. The summed E-state index contributed by atoms with van der Waals surface area (Å²) in [4.78, 5) is 25.7. The van der Waals surface area contributed by atoms with Gasteiger partial charge in [-0.3, -0.25) is 9.69 Å². The molecule has 126 valence electrons. The number of sulfone groups is 1. The second-order valence-corrected chi connectivity index (χ2v) is 8.68. The largest absolute Gasteiger partial charge is 0.325 e. The highest BCUT2D eigenvalue weighted by Crippen LogP contribution is 2.29. The predicted molar refractivity (Wildman–Crippen MR) is 87.8 cm³/mol. The number of rotatable bonds is 5. The molecule has 0 aliphatic carbocycles. The number of carbonyl (C=O) groups is 2. The Balaban J connectivity index is 2.25. The Labute approximate surface area is 136 Å². The molecule has 2 rings (SSSR count). The molecule has 23 heavy (non-hydrogen) atoms. The third kappa shape index (κ3) is 3.55. The van der Waals surface area contributed by atoms with E-state index in [0.29, 0.717) is 11.5 Å². The number of urea groups is 1. The van der Waals surface area contributed by atoms with Crippen LogP contribution >= 0.6 is 0 Å². The van der Waals surface area contributed by atoms with Gasteiger partial charge in [-0.25, -0.2) is 13.2 Å². The van der Waals surface area contributed by atoms with E-state index in [1.807, 2.05) is 24.3 Å². The van der Waals surface area contributed by atoms with Crippen molar-refractivity contribution >= 4 is 21.8 Å². The molecule has 1 heterocycles. The van der Waals surface area contributed by atoms with Crippen LogP contribution in [-0.4, -0.2) is 43.8 Å². The van der Waals surface area contributed by atoms with Gasteiger partial charge < -0.3 is 5.32 Å². The molecule has 1 unspecified atom stereocenters. The van der Waals surface area contributed by atoms with Gasteiger partial charge in [0.15, 0.2) is 0 Å². The summed E-state index contributed by atoms with van der Waals surface area (Å²) in [5.74, 6) is -0.297. The van der Waals surface area contributed by atoms with Crippen LogP contribution in [0.1, 0.15) is 37.8 Å². The SMILES string of the molecule is CC(C)c1ccc(C2(C)NC(=O)N(CCS(C)(=O)=O)C2=O)cc1. The molecule has 6 nitrogen and oxygen atoms in total. The van der Waals surface area contributed by atoms with E-state index in [9.17, 15) is 18.0 Å². The summed E-state index contributed by atoms with van der Waals surface area (Å²) < 4.78 is 22.5. The van der Waals surface area contributed by atoms with Gasteiger partial charge in [-0.05, 0) is 24.0 Å². The fraction of sp³-hybridized carbons (Fsp3) is 0.500. The molecule has 7 heteroatoms. The van der Waals surface area contributed by atoms with Crippen LogP contribution in [0.5, 0.6) is 0 Å². The average molecular weight is 338 g/mol. The second-order valence-electron chi connectivity index (χ2n) is 6.42. The van der Waals surface area contributed by atoms with E-state index >= 15 is 0 Å². The first kappa shape index (κ1) is 17.5. The molecule has 1 aliphatic rings. The zero-order chi connectivity index (χ0) is 17.4. The Morgan fingerprint density at radius 1 is 1.17 bits per heavy atom. The fourth-order valence-corrected chi connectivity index (χ4v) is 3.07. The monoisotopic (exact) mass is 338 g/mol. The molecular formula is C16H22N2O4S. The summed E-state index contributed by atoms with van der Waals surface area (Å²) in [6, 6.07) is 6.96. The van der Waals surface area contributed by atoms with Crippen molar-refractivity contribution in [1.29, 1.82) is 0 Å². The van der Waals surface area contributed by atoms with Gasteiger partial charge in [-0.15, -0.1) is 0 Å². The highest BCUT2D eigenvalue weighted by molar-refractivity contribution is 7.90. The molecular weight excluding hydrogens is 316 g/mol. The van der Waals surface area contributed by atoms with Crippen molar-refractivity contribution in [1.82, 2.24) is 10.2 Å². The Hall–Kier alpha value is -1.89. The minimum Gasteiger partial charge on any atom is -0.319 e. The van der Waals surface area contributed by atoms with Gasteiger partial charge >= 0.3 is 6.03 Å². The number of benzene rings is 1. The highest BCUT2D eigenvalue weighted by Gasteiger charge is 2.48. The van der Waals surface area contributed by atoms with Crippen LogP contribution in [0.2, 0.25) is 0 Å². The molecule has 1 fully saturated rings. The van der Waals surface area contributed by atoms with E-state index < -0.39 is 27.3 Å². The molecule has 1 aliphatic heterocycles. The normalized spacial score (nSPS) is 21.9. The van der Waals surface area contributed by atoms with Crippen molar-refractivity contribution in [2.45, 2.75) is 32.2 Å². The number of carbonyl (C=O) groups excluding carboxylic acids is 2. The summed E-state index contributed by atoms with van der Waals surface area (Å²) in [6.07, 6.45) is 1.08. The van der Waals surface area contributed by atoms with E-state index in [-0.39, 0.29) is 12.3 Å². The Bertz CT molecular complexity index is 725. The minimum atomic E-state index is -3.25. The molecule has 1 N–H and O–H groups in total. The molecule has 0 spiro atoms. The van der Waals surface area contributed by atoms with Crippen molar-refractivity contribution in [2.75, 3.05) is 18.6 Å². The first-order chi connectivity index (χ1) is 10.5. The molecule has 0 bridgehead atoms. The van der Waals surface area contributed by atoms with Crippen LogP contribution in [0.25, 0.3) is 0 Å². The average Bonchev–Trinajstić information content (AvgIpc) is 2.67. The zero-order valence-electron chi connectivity index (χ0n) is 13.8. The number of nitrogens with zero attached hydrogens (tertiary/aromatic N) is 1. The Morgan fingerprint density at radius 2 is 1.74 bits per heavy atom. The molecule has 3 amide bonds. The second kappa shape index (κ2) is 5.96. The molecule has 0 radical (unpaired) electrons. The third-order valence-electron chi connectivity index (χ3n) is 4.12. The fourth-order valence-electron chi connectivity index (χ4n) is 2.55. The summed E-state index contributed by atoms with van der Waals surface area (Å²) >= 11 is 0. The van der Waals surface area contributed by atoms with Crippen LogP contribution < -0.4 is 5.32 Å². The number of amides is 3. The van der Waals surface area contributed by atoms with E-state index in [1.165, 1.54) is 0 Å². The van der Waals surface area contributed by atoms with Gasteiger partial charge in [0, 0.05) is 12.8 Å². The maximum atomic E-state index is 12.6. The van der Waals surface area contributed by atoms with Gasteiger partial charge in [-0.2, -0.15) is 0 Å². The van der Waals surface area contributed by atoms with Gasteiger partial charge in [0.05, 0.1) is 5.75 Å². The smallest absolute Gasteiger partial charge is 0.319 e. The van der Waals surface area contributed by atoms with Gasteiger partial charge in [0.1, 0.15) is 15.4 Å². The van der Waals surface area contributed by atoms with Crippen molar-refractivity contribution in [3.8, 4) is 0 Å². The lowest BCUT2D eigenvalue weighted by Gasteiger charge is -2.22. The lowest BCUT2D eigenvalue weighted by Crippen LogP contribution is -2.41. The molecule has 1 aromatic rings. The summed E-state index contributed by atoms with van der Waals surface area (Å²) in [6.45, 7) is 5.65. The van der Waals surface area contributed by atoms with E-state index in [0.717, 1.165) is 16.7 Å². The number of nitrogens with one attached hydrogen (secondary N) is 1. The van der Waals surface area contributed by atoms with Crippen molar-refractivity contribution in [2.24, 2.45) is 0 Å². The van der Waals surface area contributed by atoms with Crippen LogP contribution in [-0.2, 0) is 20.2 Å². The predicted octanol–water partition coefficient (Wildman–Crippen LogP) is 1.62. The lowest BCUT2D eigenvalue weighted by atomic mass is 9.90. The highest BCUT2D eigenvalue weighted by atomic mass is 32.2. The van der Waals surface area contributed by atoms with Crippen molar-refractivity contribution in [3.05, 3.63) is 35.4 Å². The van der Waals surface area contributed by atoms with Crippen LogP contribution in [0, 0.1) is 0 Å². The topological polar surface area (TPSA) is 83.6 Å². The lowest BCUT2D eigenvalue weighted by molar-refractivity contribution is -0.130. The molecule has 1 saturated heterocycles. The van der Waals surface area contributed by atoms with E-state index in [2.05, 4.69) is 19.2 Å². The van der Waals surface area contributed by atoms with Crippen LogP contribution in [0.15, 0.2) is 24.3 Å². The van der Waals surface area contributed by atoms with Crippen LogP contribution in [0.3, 0.4) is 0 Å². The quantitative estimate of drug-likeness (QED) is 0.827. The molecule has 1 aromatic carbocycles. The maximum Gasteiger partial charge on any atom is 0.325 e. The Kier molecular flexibility index (Phi) is 4.52.